The van der Waals surface area contributed by atoms with Gasteiger partial charge in [-0.1, -0.05) is 12.1 Å². The minimum atomic E-state index is -0.662. The van der Waals surface area contributed by atoms with Crippen LogP contribution in [0.5, 0.6) is 5.75 Å². The van der Waals surface area contributed by atoms with Crippen molar-refractivity contribution in [3.05, 3.63) is 47.8 Å². The first-order valence-electron chi connectivity index (χ1n) is 9.44. The van der Waals surface area contributed by atoms with Crippen molar-refractivity contribution in [3.8, 4) is 5.75 Å². The highest BCUT2D eigenvalue weighted by atomic mass is 16.5. The molecule has 0 aliphatic carbocycles. The molecule has 146 valence electrons. The summed E-state index contributed by atoms with van der Waals surface area (Å²) in [6, 6.07) is 7.49. The lowest BCUT2D eigenvalue weighted by molar-refractivity contribution is 0.186. The van der Waals surface area contributed by atoms with Gasteiger partial charge in [-0.3, -0.25) is 9.67 Å². The largest absolute Gasteiger partial charge is 0.497 e. The summed E-state index contributed by atoms with van der Waals surface area (Å²) >= 11 is 0. The van der Waals surface area contributed by atoms with Crippen molar-refractivity contribution >= 4 is 5.96 Å². The van der Waals surface area contributed by atoms with Crippen molar-refractivity contribution in [2.45, 2.75) is 25.4 Å². The number of likely N-dealkylation sites (tertiary alicyclic amines) is 1. The van der Waals surface area contributed by atoms with Crippen LogP contribution in [0.2, 0.25) is 0 Å². The number of benzene rings is 1. The van der Waals surface area contributed by atoms with Gasteiger partial charge in [0.05, 0.1) is 26.0 Å². The first kappa shape index (κ1) is 19.2. The Morgan fingerprint density at radius 1 is 1.48 bits per heavy atom. The van der Waals surface area contributed by atoms with Gasteiger partial charge in [0.15, 0.2) is 5.96 Å². The van der Waals surface area contributed by atoms with E-state index in [1.807, 2.05) is 42.2 Å². The van der Waals surface area contributed by atoms with Gasteiger partial charge in [0.1, 0.15) is 5.75 Å². The van der Waals surface area contributed by atoms with E-state index in [1.54, 1.807) is 7.11 Å². The average molecular weight is 371 g/mol. The molecular formula is C20H29N5O2. The van der Waals surface area contributed by atoms with Gasteiger partial charge in [-0.15, -0.1) is 0 Å². The first-order valence-corrected chi connectivity index (χ1v) is 9.44. The number of hydrogen-bond donors (Lipinski definition) is 2. The Morgan fingerprint density at radius 3 is 3.04 bits per heavy atom. The summed E-state index contributed by atoms with van der Waals surface area (Å²) in [5.41, 5.74) is 2.08. The lowest BCUT2D eigenvalue weighted by Crippen LogP contribution is -2.40. The van der Waals surface area contributed by atoms with Crippen LogP contribution in [0.15, 0.2) is 41.7 Å². The van der Waals surface area contributed by atoms with Crippen LogP contribution in [0.4, 0.5) is 0 Å². The van der Waals surface area contributed by atoms with Crippen LogP contribution in [-0.4, -0.2) is 59.0 Å². The van der Waals surface area contributed by atoms with Crippen molar-refractivity contribution in [1.29, 1.82) is 0 Å². The Labute approximate surface area is 160 Å². The molecule has 2 heterocycles. The SMILES string of the molecule is CCNC(=NCC(O)c1cccc(OC)c1)N1CCC(c2cnn(C)c2)C1. The Kier molecular flexibility index (Phi) is 6.34. The van der Waals surface area contributed by atoms with Crippen LogP contribution >= 0.6 is 0 Å². The minimum absolute atomic E-state index is 0.309. The summed E-state index contributed by atoms with van der Waals surface area (Å²) in [4.78, 5) is 6.94. The quantitative estimate of drug-likeness (QED) is 0.599. The van der Waals surface area contributed by atoms with E-state index >= 15 is 0 Å². The normalized spacial score (nSPS) is 18.6. The highest BCUT2D eigenvalue weighted by molar-refractivity contribution is 5.80. The summed E-state index contributed by atoms with van der Waals surface area (Å²) in [5.74, 6) is 2.05. The Balaban J connectivity index is 1.65. The van der Waals surface area contributed by atoms with Crippen LogP contribution in [0, 0.1) is 0 Å². The molecule has 1 saturated heterocycles. The van der Waals surface area contributed by atoms with Crippen molar-refractivity contribution in [2.75, 3.05) is 33.3 Å². The first-order chi connectivity index (χ1) is 13.1. The molecule has 7 nitrogen and oxygen atoms in total. The molecule has 0 bridgehead atoms. The van der Waals surface area contributed by atoms with E-state index in [9.17, 15) is 5.11 Å². The average Bonchev–Trinajstić information content (AvgIpc) is 3.34. The lowest BCUT2D eigenvalue weighted by atomic mass is 10.0. The number of methoxy groups -OCH3 is 1. The second-order valence-electron chi connectivity index (χ2n) is 6.87. The molecule has 0 spiro atoms. The number of ether oxygens (including phenoxy) is 1. The molecule has 2 N–H and O–H groups in total. The Bertz CT molecular complexity index is 773. The number of aryl methyl sites for hydroxylation is 1. The van der Waals surface area contributed by atoms with Crippen LogP contribution in [0.3, 0.4) is 0 Å². The van der Waals surface area contributed by atoms with Crippen molar-refractivity contribution in [1.82, 2.24) is 20.0 Å². The van der Waals surface area contributed by atoms with Crippen LogP contribution in [0.25, 0.3) is 0 Å². The number of aliphatic hydroxyl groups is 1. The van der Waals surface area contributed by atoms with E-state index in [2.05, 4.69) is 33.4 Å². The molecule has 1 aliphatic heterocycles. The molecule has 7 heteroatoms. The van der Waals surface area contributed by atoms with Crippen molar-refractivity contribution in [2.24, 2.45) is 12.0 Å². The van der Waals surface area contributed by atoms with Gasteiger partial charge in [-0.2, -0.15) is 5.10 Å². The number of aromatic nitrogens is 2. The highest BCUT2D eigenvalue weighted by Crippen LogP contribution is 2.27. The van der Waals surface area contributed by atoms with Crippen LogP contribution in [-0.2, 0) is 7.05 Å². The molecule has 2 aromatic rings. The van der Waals surface area contributed by atoms with Crippen LogP contribution < -0.4 is 10.1 Å². The zero-order valence-corrected chi connectivity index (χ0v) is 16.3. The third kappa shape index (κ3) is 4.80. The maximum Gasteiger partial charge on any atom is 0.194 e. The molecule has 2 unspecified atom stereocenters. The second-order valence-corrected chi connectivity index (χ2v) is 6.87. The smallest absolute Gasteiger partial charge is 0.194 e. The van der Waals surface area contributed by atoms with E-state index in [1.165, 1.54) is 5.56 Å². The Hall–Kier alpha value is -2.54. The molecule has 1 fully saturated rings. The minimum Gasteiger partial charge on any atom is -0.497 e. The number of aliphatic imine (C=N–C) groups is 1. The van der Waals surface area contributed by atoms with E-state index in [4.69, 9.17) is 4.74 Å². The lowest BCUT2D eigenvalue weighted by Gasteiger charge is -2.22. The van der Waals surface area contributed by atoms with Crippen LogP contribution in [0.1, 0.15) is 36.5 Å². The van der Waals surface area contributed by atoms with Gasteiger partial charge in [-0.05, 0) is 36.6 Å². The van der Waals surface area contributed by atoms with Gasteiger partial charge in [0.2, 0.25) is 0 Å². The molecule has 1 aromatic carbocycles. The molecule has 0 radical (unpaired) electrons. The van der Waals surface area contributed by atoms with E-state index in [0.29, 0.717) is 12.5 Å². The number of nitrogens with zero attached hydrogens (tertiary/aromatic N) is 4. The van der Waals surface area contributed by atoms with Crippen molar-refractivity contribution in [3.63, 3.8) is 0 Å². The fourth-order valence-electron chi connectivity index (χ4n) is 3.43. The number of guanidine groups is 1. The summed E-state index contributed by atoms with van der Waals surface area (Å²) in [7, 11) is 3.57. The predicted molar refractivity (Wildman–Crippen MR) is 106 cm³/mol. The molecule has 3 rings (SSSR count). The van der Waals surface area contributed by atoms with Gasteiger partial charge in [0.25, 0.3) is 0 Å². The maximum atomic E-state index is 10.5. The van der Waals surface area contributed by atoms with E-state index < -0.39 is 6.10 Å². The zero-order chi connectivity index (χ0) is 19.2. The van der Waals surface area contributed by atoms with Gasteiger partial charge < -0.3 is 20.1 Å². The summed E-state index contributed by atoms with van der Waals surface area (Å²) in [5, 5.41) is 18.1. The third-order valence-electron chi connectivity index (χ3n) is 4.91. The Morgan fingerprint density at radius 2 is 2.33 bits per heavy atom. The third-order valence-corrected chi connectivity index (χ3v) is 4.91. The molecule has 1 aliphatic rings. The number of nitrogens with one attached hydrogen (secondary N) is 1. The fourth-order valence-corrected chi connectivity index (χ4v) is 3.43. The molecule has 2 atom stereocenters. The monoisotopic (exact) mass is 371 g/mol. The number of aliphatic hydroxyl groups excluding tert-OH is 1. The van der Waals surface area contributed by atoms with Crippen molar-refractivity contribution < 1.29 is 9.84 Å². The van der Waals surface area contributed by atoms with Gasteiger partial charge in [-0.25, -0.2) is 0 Å². The van der Waals surface area contributed by atoms with Gasteiger partial charge >= 0.3 is 0 Å². The second kappa shape index (κ2) is 8.90. The number of rotatable bonds is 6. The maximum absolute atomic E-state index is 10.5. The molecule has 0 saturated carbocycles. The topological polar surface area (TPSA) is 74.9 Å². The summed E-state index contributed by atoms with van der Waals surface area (Å²) < 4.78 is 7.08. The molecule has 1 aromatic heterocycles. The molecular weight excluding hydrogens is 342 g/mol. The molecule has 27 heavy (non-hydrogen) atoms. The zero-order valence-electron chi connectivity index (χ0n) is 16.3. The summed E-state index contributed by atoms with van der Waals surface area (Å²) in [6.45, 7) is 5.02. The highest BCUT2D eigenvalue weighted by Gasteiger charge is 2.27. The summed E-state index contributed by atoms with van der Waals surface area (Å²) in [6.07, 6.45) is 4.45. The number of hydrogen-bond acceptors (Lipinski definition) is 4. The predicted octanol–water partition coefficient (Wildman–Crippen LogP) is 1.92. The van der Waals surface area contributed by atoms with E-state index in [0.717, 1.165) is 43.3 Å². The van der Waals surface area contributed by atoms with Gasteiger partial charge in [0, 0.05) is 38.8 Å². The molecule has 0 amide bonds. The van der Waals surface area contributed by atoms with E-state index in [-0.39, 0.29) is 0 Å². The standard InChI is InChI=1S/C20H29N5O2/c1-4-21-20(22-12-19(26)15-6-5-7-18(10-15)27-3)25-9-8-16(14-25)17-11-23-24(2)13-17/h5-7,10-11,13,16,19,26H,4,8-9,12,14H2,1-3H3,(H,21,22). The fraction of sp³-hybridized carbons (Fsp3) is 0.500.